The number of Topliss-reactive ketones (excluding diaryl/α,β-unsaturated/α-hetero) is 1. The molecule has 1 aromatic carbocycles. The number of nitrogens with zero attached hydrogens (tertiary/aromatic N) is 1. The van der Waals surface area contributed by atoms with E-state index in [4.69, 9.17) is 4.74 Å². The van der Waals surface area contributed by atoms with Crippen molar-refractivity contribution in [2.75, 3.05) is 26.8 Å². The van der Waals surface area contributed by atoms with E-state index in [9.17, 15) is 9.59 Å². The van der Waals surface area contributed by atoms with Gasteiger partial charge in [0.15, 0.2) is 5.78 Å². The van der Waals surface area contributed by atoms with Gasteiger partial charge in [0, 0.05) is 37.1 Å². The van der Waals surface area contributed by atoms with Crippen molar-refractivity contribution in [2.24, 2.45) is 5.92 Å². The summed E-state index contributed by atoms with van der Waals surface area (Å²) in [5.74, 6) is 0.687. The highest BCUT2D eigenvalue weighted by Gasteiger charge is 2.24. The van der Waals surface area contributed by atoms with Crippen LogP contribution in [0.5, 0.6) is 0 Å². The second kappa shape index (κ2) is 8.60. The highest BCUT2D eigenvalue weighted by atomic mass is 32.1. The van der Waals surface area contributed by atoms with Gasteiger partial charge < -0.3 is 9.64 Å². The molecule has 0 radical (unpaired) electrons. The van der Waals surface area contributed by atoms with Crippen molar-refractivity contribution in [3.63, 3.8) is 0 Å². The van der Waals surface area contributed by atoms with Crippen molar-refractivity contribution in [3.8, 4) is 10.4 Å². The molecule has 26 heavy (non-hydrogen) atoms. The molecule has 0 unspecified atom stereocenters. The average molecular weight is 372 g/mol. The standard InChI is InChI=1S/C21H25NO3S/c1-3-18(23)20-11-10-19(26-20)16-6-8-17(9-7-16)21(24)22-12-4-5-15(13-22)14-25-2/h6-11,15H,3-5,12-14H2,1-2H3/t15-/m1/s1. The molecule has 2 aromatic rings. The number of carbonyl (C=O) groups excluding carboxylic acids is 2. The average Bonchev–Trinajstić information content (AvgIpc) is 3.17. The molecule has 4 nitrogen and oxygen atoms in total. The van der Waals surface area contributed by atoms with Gasteiger partial charge in [0.05, 0.1) is 11.5 Å². The number of hydrogen-bond acceptors (Lipinski definition) is 4. The predicted octanol–water partition coefficient (Wildman–Crippen LogP) is 4.51. The lowest BCUT2D eigenvalue weighted by molar-refractivity contribution is 0.0571. The molecular formula is C21H25NO3S. The number of piperidine rings is 1. The zero-order chi connectivity index (χ0) is 18.5. The number of carbonyl (C=O) groups is 2. The first-order valence-corrected chi connectivity index (χ1v) is 9.95. The molecule has 1 aromatic heterocycles. The van der Waals surface area contributed by atoms with Gasteiger partial charge in [0.2, 0.25) is 0 Å². The SMILES string of the molecule is CCC(=O)c1ccc(-c2ccc(C(=O)N3CCC[C@@H](COC)C3)cc2)s1. The second-order valence-corrected chi connectivity index (χ2v) is 7.82. The molecule has 0 saturated carbocycles. The number of methoxy groups -OCH3 is 1. The minimum atomic E-state index is 0.0883. The number of rotatable bonds is 6. The molecule has 2 heterocycles. The van der Waals surface area contributed by atoms with E-state index < -0.39 is 0 Å². The fourth-order valence-electron chi connectivity index (χ4n) is 3.40. The van der Waals surface area contributed by atoms with Crippen molar-refractivity contribution < 1.29 is 14.3 Å². The van der Waals surface area contributed by atoms with E-state index in [0.717, 1.165) is 41.2 Å². The molecule has 1 amide bonds. The Hall–Kier alpha value is -1.98. The Labute approximate surface area is 158 Å². The summed E-state index contributed by atoms with van der Waals surface area (Å²) in [6.07, 6.45) is 2.67. The van der Waals surface area contributed by atoms with Crippen molar-refractivity contribution >= 4 is 23.0 Å². The third kappa shape index (κ3) is 4.22. The second-order valence-electron chi connectivity index (χ2n) is 6.73. The summed E-state index contributed by atoms with van der Waals surface area (Å²) in [5, 5.41) is 0. The number of hydrogen-bond donors (Lipinski definition) is 0. The lowest BCUT2D eigenvalue weighted by atomic mass is 9.98. The van der Waals surface area contributed by atoms with Crippen LogP contribution in [0.15, 0.2) is 36.4 Å². The van der Waals surface area contributed by atoms with Gasteiger partial charge >= 0.3 is 0 Å². The Morgan fingerprint density at radius 2 is 1.96 bits per heavy atom. The van der Waals surface area contributed by atoms with Crippen LogP contribution in [-0.2, 0) is 4.74 Å². The topological polar surface area (TPSA) is 46.6 Å². The number of ether oxygens (including phenoxy) is 1. The van der Waals surface area contributed by atoms with Crippen LogP contribution >= 0.6 is 11.3 Å². The summed E-state index contributed by atoms with van der Waals surface area (Å²) in [7, 11) is 1.71. The predicted molar refractivity (Wildman–Crippen MR) is 105 cm³/mol. The zero-order valence-electron chi connectivity index (χ0n) is 15.4. The third-order valence-electron chi connectivity index (χ3n) is 4.83. The van der Waals surface area contributed by atoms with E-state index in [1.807, 2.05) is 48.2 Å². The lowest BCUT2D eigenvalue weighted by Crippen LogP contribution is -2.41. The molecule has 0 bridgehead atoms. The van der Waals surface area contributed by atoms with Gasteiger partial charge in [-0.15, -0.1) is 11.3 Å². The molecule has 0 aliphatic carbocycles. The summed E-state index contributed by atoms with van der Waals surface area (Å²) < 4.78 is 5.25. The van der Waals surface area contributed by atoms with E-state index in [1.165, 1.54) is 11.3 Å². The van der Waals surface area contributed by atoms with Crippen LogP contribution in [0.25, 0.3) is 10.4 Å². The first-order chi connectivity index (χ1) is 12.6. The minimum Gasteiger partial charge on any atom is -0.384 e. The fourth-order valence-corrected chi connectivity index (χ4v) is 4.42. The van der Waals surface area contributed by atoms with Crippen molar-refractivity contribution in [3.05, 3.63) is 46.8 Å². The Balaban J connectivity index is 1.70. The first-order valence-electron chi connectivity index (χ1n) is 9.14. The highest BCUT2D eigenvalue weighted by Crippen LogP contribution is 2.29. The van der Waals surface area contributed by atoms with Gasteiger partial charge in [-0.3, -0.25) is 9.59 Å². The van der Waals surface area contributed by atoms with Crippen molar-refractivity contribution in [2.45, 2.75) is 26.2 Å². The molecule has 0 spiro atoms. The normalized spacial score (nSPS) is 17.3. The summed E-state index contributed by atoms with van der Waals surface area (Å²) in [6, 6.07) is 11.6. The Morgan fingerprint density at radius 3 is 2.65 bits per heavy atom. The molecule has 5 heteroatoms. The van der Waals surface area contributed by atoms with Crippen LogP contribution in [0, 0.1) is 5.92 Å². The zero-order valence-corrected chi connectivity index (χ0v) is 16.2. The lowest BCUT2D eigenvalue weighted by Gasteiger charge is -2.32. The van der Waals surface area contributed by atoms with Crippen LogP contribution in [0.1, 0.15) is 46.2 Å². The summed E-state index contributed by atoms with van der Waals surface area (Å²) in [5.41, 5.74) is 1.76. The number of amides is 1. The van der Waals surface area contributed by atoms with E-state index >= 15 is 0 Å². The van der Waals surface area contributed by atoms with Gasteiger partial charge in [-0.05, 0) is 48.6 Å². The molecule has 1 saturated heterocycles. The van der Waals surface area contributed by atoms with Crippen molar-refractivity contribution in [1.82, 2.24) is 4.90 Å². The van der Waals surface area contributed by atoms with Crippen LogP contribution in [0.2, 0.25) is 0 Å². The number of benzene rings is 1. The van der Waals surface area contributed by atoms with Gasteiger partial charge in [-0.2, -0.15) is 0 Å². The van der Waals surface area contributed by atoms with Gasteiger partial charge in [-0.25, -0.2) is 0 Å². The monoisotopic (exact) mass is 371 g/mol. The summed E-state index contributed by atoms with van der Waals surface area (Å²) in [4.78, 5) is 28.4. The largest absolute Gasteiger partial charge is 0.384 e. The molecule has 138 valence electrons. The van der Waals surface area contributed by atoms with Crippen molar-refractivity contribution in [1.29, 1.82) is 0 Å². The maximum atomic E-state index is 12.8. The van der Waals surface area contributed by atoms with E-state index in [1.54, 1.807) is 7.11 Å². The van der Waals surface area contributed by atoms with E-state index in [2.05, 4.69) is 0 Å². The van der Waals surface area contributed by atoms with E-state index in [-0.39, 0.29) is 11.7 Å². The number of likely N-dealkylation sites (tertiary alicyclic amines) is 1. The van der Waals surface area contributed by atoms with Crippen LogP contribution in [0.3, 0.4) is 0 Å². The van der Waals surface area contributed by atoms with Crippen LogP contribution in [-0.4, -0.2) is 43.4 Å². The van der Waals surface area contributed by atoms with Crippen LogP contribution < -0.4 is 0 Å². The third-order valence-corrected chi connectivity index (χ3v) is 6.00. The van der Waals surface area contributed by atoms with Gasteiger partial charge in [-0.1, -0.05) is 19.1 Å². The van der Waals surface area contributed by atoms with E-state index in [0.29, 0.717) is 24.5 Å². The summed E-state index contributed by atoms with van der Waals surface area (Å²) in [6.45, 7) is 4.16. The quantitative estimate of drug-likeness (QED) is 0.702. The molecule has 1 atom stereocenters. The Morgan fingerprint density at radius 1 is 1.19 bits per heavy atom. The summed E-state index contributed by atoms with van der Waals surface area (Å²) >= 11 is 1.51. The first kappa shape index (κ1) is 18.8. The van der Waals surface area contributed by atoms with Crippen LogP contribution in [0.4, 0.5) is 0 Å². The molecule has 1 fully saturated rings. The maximum Gasteiger partial charge on any atom is 0.253 e. The maximum absolute atomic E-state index is 12.8. The molecular weight excluding hydrogens is 346 g/mol. The molecule has 0 N–H and O–H groups in total. The molecule has 1 aliphatic heterocycles. The Kier molecular flexibility index (Phi) is 6.22. The molecule has 1 aliphatic rings. The smallest absolute Gasteiger partial charge is 0.253 e. The minimum absolute atomic E-state index is 0.0883. The number of thiophene rings is 1. The van der Waals surface area contributed by atoms with Gasteiger partial charge in [0.1, 0.15) is 0 Å². The Bertz CT molecular complexity index is 764. The van der Waals surface area contributed by atoms with Gasteiger partial charge in [0.25, 0.3) is 5.91 Å². The molecule has 3 rings (SSSR count). The number of ketones is 1. The highest BCUT2D eigenvalue weighted by molar-refractivity contribution is 7.17. The fraction of sp³-hybridized carbons (Fsp3) is 0.429.